The zero-order chi connectivity index (χ0) is 13.7. The van der Waals surface area contributed by atoms with Crippen molar-refractivity contribution in [1.29, 1.82) is 0 Å². The van der Waals surface area contributed by atoms with E-state index in [0.29, 0.717) is 18.9 Å². The fraction of sp³-hybridized carbons (Fsp3) is 0.846. The molecule has 2 atom stereocenters. The normalized spacial score (nSPS) is 21.8. The standard InChI is InChI=1S/C13H25N3O2/c1-9(2)7-12(14)13(18)16-6-4-5-11(8-16)15-10(3)17/h9,11-12H,4-8,14H2,1-3H3,(H,15,17). The van der Waals surface area contributed by atoms with Crippen LogP contribution in [0.2, 0.25) is 0 Å². The summed E-state index contributed by atoms with van der Waals surface area (Å²) >= 11 is 0. The number of hydrogen-bond donors (Lipinski definition) is 2. The van der Waals surface area contributed by atoms with Gasteiger partial charge in [-0.2, -0.15) is 0 Å². The molecule has 1 fully saturated rings. The highest BCUT2D eigenvalue weighted by atomic mass is 16.2. The molecule has 0 spiro atoms. The van der Waals surface area contributed by atoms with Gasteiger partial charge in [-0.15, -0.1) is 0 Å². The Hall–Kier alpha value is -1.10. The topological polar surface area (TPSA) is 75.4 Å². The quantitative estimate of drug-likeness (QED) is 0.767. The molecule has 1 rings (SSSR count). The van der Waals surface area contributed by atoms with Crippen molar-refractivity contribution in [3.05, 3.63) is 0 Å². The maximum atomic E-state index is 12.2. The molecular formula is C13H25N3O2. The minimum absolute atomic E-state index is 0.0127. The lowest BCUT2D eigenvalue weighted by molar-refractivity contribution is -0.135. The van der Waals surface area contributed by atoms with Gasteiger partial charge in [0.15, 0.2) is 0 Å². The van der Waals surface area contributed by atoms with Gasteiger partial charge in [0.25, 0.3) is 0 Å². The van der Waals surface area contributed by atoms with Crippen LogP contribution in [-0.2, 0) is 9.59 Å². The van der Waals surface area contributed by atoms with Crippen LogP contribution in [0, 0.1) is 5.92 Å². The van der Waals surface area contributed by atoms with E-state index in [-0.39, 0.29) is 17.9 Å². The molecule has 0 aromatic heterocycles. The van der Waals surface area contributed by atoms with Crippen molar-refractivity contribution in [3.8, 4) is 0 Å². The van der Waals surface area contributed by atoms with Crippen molar-refractivity contribution in [2.24, 2.45) is 11.7 Å². The lowest BCUT2D eigenvalue weighted by Crippen LogP contribution is -2.53. The minimum atomic E-state index is -0.416. The molecule has 0 saturated carbocycles. The fourth-order valence-electron chi connectivity index (χ4n) is 2.43. The molecule has 1 aliphatic heterocycles. The maximum Gasteiger partial charge on any atom is 0.239 e. The van der Waals surface area contributed by atoms with Crippen LogP contribution in [0.5, 0.6) is 0 Å². The highest BCUT2D eigenvalue weighted by molar-refractivity contribution is 5.82. The molecule has 0 bridgehead atoms. The Kier molecular flexibility index (Phi) is 5.59. The van der Waals surface area contributed by atoms with Gasteiger partial charge in [0.1, 0.15) is 0 Å². The van der Waals surface area contributed by atoms with Crippen LogP contribution >= 0.6 is 0 Å². The number of rotatable bonds is 4. The maximum absolute atomic E-state index is 12.2. The van der Waals surface area contributed by atoms with Crippen molar-refractivity contribution in [3.63, 3.8) is 0 Å². The van der Waals surface area contributed by atoms with E-state index in [1.807, 2.05) is 0 Å². The Bertz CT molecular complexity index is 305. The third kappa shape index (κ3) is 4.64. The highest BCUT2D eigenvalue weighted by Gasteiger charge is 2.27. The number of nitrogens with one attached hydrogen (secondary N) is 1. The van der Waals surface area contributed by atoms with Crippen LogP contribution in [0.15, 0.2) is 0 Å². The zero-order valence-corrected chi connectivity index (χ0v) is 11.6. The first kappa shape index (κ1) is 15.0. The van der Waals surface area contributed by atoms with Gasteiger partial charge in [-0.1, -0.05) is 13.8 Å². The molecular weight excluding hydrogens is 230 g/mol. The summed E-state index contributed by atoms with van der Waals surface area (Å²) in [5, 5.41) is 2.87. The summed E-state index contributed by atoms with van der Waals surface area (Å²) in [6, 6.07) is -0.340. The number of amides is 2. The zero-order valence-electron chi connectivity index (χ0n) is 11.6. The molecule has 5 nitrogen and oxygen atoms in total. The van der Waals surface area contributed by atoms with Crippen LogP contribution < -0.4 is 11.1 Å². The third-order valence-electron chi connectivity index (χ3n) is 3.18. The van der Waals surface area contributed by atoms with Gasteiger partial charge in [0, 0.05) is 26.1 Å². The number of carbonyl (C=O) groups is 2. The predicted molar refractivity (Wildman–Crippen MR) is 70.8 cm³/mol. The average molecular weight is 255 g/mol. The molecule has 1 heterocycles. The van der Waals surface area contributed by atoms with Gasteiger partial charge in [-0.05, 0) is 25.2 Å². The molecule has 2 amide bonds. The predicted octanol–water partition coefficient (Wildman–Crippen LogP) is 0.487. The second-order valence-corrected chi connectivity index (χ2v) is 5.56. The van der Waals surface area contributed by atoms with E-state index in [1.54, 1.807) is 4.90 Å². The van der Waals surface area contributed by atoms with Gasteiger partial charge >= 0.3 is 0 Å². The number of carbonyl (C=O) groups excluding carboxylic acids is 2. The Morgan fingerprint density at radius 3 is 2.67 bits per heavy atom. The number of nitrogens with two attached hydrogens (primary N) is 1. The second kappa shape index (κ2) is 6.73. The van der Waals surface area contributed by atoms with E-state index in [9.17, 15) is 9.59 Å². The molecule has 2 unspecified atom stereocenters. The van der Waals surface area contributed by atoms with Crippen LogP contribution in [0.4, 0.5) is 0 Å². The van der Waals surface area contributed by atoms with Crippen LogP contribution in [0.25, 0.3) is 0 Å². The molecule has 0 radical (unpaired) electrons. The summed E-state index contributed by atoms with van der Waals surface area (Å²) in [5.41, 5.74) is 5.92. The summed E-state index contributed by atoms with van der Waals surface area (Å²) in [6.07, 6.45) is 2.56. The molecule has 1 aliphatic rings. The van der Waals surface area contributed by atoms with Crippen molar-refractivity contribution in [1.82, 2.24) is 10.2 Å². The van der Waals surface area contributed by atoms with Gasteiger partial charge in [-0.25, -0.2) is 0 Å². The van der Waals surface area contributed by atoms with Gasteiger partial charge in [-0.3, -0.25) is 9.59 Å². The van der Waals surface area contributed by atoms with Gasteiger partial charge in [0.2, 0.25) is 11.8 Å². The number of piperidine rings is 1. The van der Waals surface area contributed by atoms with E-state index in [0.717, 1.165) is 19.4 Å². The van der Waals surface area contributed by atoms with Crippen molar-refractivity contribution < 1.29 is 9.59 Å². The second-order valence-electron chi connectivity index (χ2n) is 5.56. The third-order valence-corrected chi connectivity index (χ3v) is 3.18. The van der Waals surface area contributed by atoms with Gasteiger partial charge in [0.05, 0.1) is 6.04 Å². The first-order chi connectivity index (χ1) is 8.40. The van der Waals surface area contributed by atoms with Crippen LogP contribution in [-0.4, -0.2) is 41.9 Å². The number of nitrogens with zero attached hydrogens (tertiary/aromatic N) is 1. The van der Waals surface area contributed by atoms with E-state index in [1.165, 1.54) is 6.92 Å². The monoisotopic (exact) mass is 255 g/mol. The fourth-order valence-corrected chi connectivity index (χ4v) is 2.43. The smallest absolute Gasteiger partial charge is 0.239 e. The van der Waals surface area contributed by atoms with Crippen molar-refractivity contribution in [2.75, 3.05) is 13.1 Å². The first-order valence-electron chi connectivity index (χ1n) is 6.71. The molecule has 0 aromatic carbocycles. The van der Waals surface area contributed by atoms with E-state index in [4.69, 9.17) is 5.73 Å². The molecule has 3 N–H and O–H groups in total. The summed E-state index contributed by atoms with van der Waals surface area (Å²) < 4.78 is 0. The Morgan fingerprint density at radius 2 is 2.11 bits per heavy atom. The van der Waals surface area contributed by atoms with Gasteiger partial charge < -0.3 is 16.0 Å². The SMILES string of the molecule is CC(=O)NC1CCCN(C(=O)C(N)CC(C)C)C1. The number of hydrogen-bond acceptors (Lipinski definition) is 3. The summed E-state index contributed by atoms with van der Waals surface area (Å²) in [4.78, 5) is 25.0. The highest BCUT2D eigenvalue weighted by Crippen LogP contribution is 2.13. The average Bonchev–Trinajstić information content (AvgIpc) is 2.26. The van der Waals surface area contributed by atoms with Crippen molar-refractivity contribution >= 4 is 11.8 Å². The Labute approximate surface area is 109 Å². The summed E-state index contributed by atoms with van der Waals surface area (Å²) in [7, 11) is 0. The van der Waals surface area contributed by atoms with E-state index < -0.39 is 6.04 Å². The molecule has 5 heteroatoms. The van der Waals surface area contributed by atoms with Crippen LogP contribution in [0.3, 0.4) is 0 Å². The summed E-state index contributed by atoms with van der Waals surface area (Å²) in [6.45, 7) is 6.96. The molecule has 18 heavy (non-hydrogen) atoms. The molecule has 0 aliphatic carbocycles. The van der Waals surface area contributed by atoms with Crippen molar-refractivity contribution in [2.45, 2.75) is 52.1 Å². The largest absolute Gasteiger partial charge is 0.352 e. The van der Waals surface area contributed by atoms with E-state index in [2.05, 4.69) is 19.2 Å². The lowest BCUT2D eigenvalue weighted by Gasteiger charge is -2.34. The molecule has 104 valence electrons. The Balaban J connectivity index is 2.49. The number of likely N-dealkylation sites (tertiary alicyclic amines) is 1. The van der Waals surface area contributed by atoms with Crippen LogP contribution in [0.1, 0.15) is 40.0 Å². The first-order valence-corrected chi connectivity index (χ1v) is 6.71. The minimum Gasteiger partial charge on any atom is -0.352 e. The van der Waals surface area contributed by atoms with E-state index >= 15 is 0 Å². The Morgan fingerprint density at radius 1 is 1.44 bits per heavy atom. The lowest BCUT2D eigenvalue weighted by atomic mass is 10.0. The summed E-state index contributed by atoms with van der Waals surface area (Å²) in [5.74, 6) is 0.388. The molecule has 1 saturated heterocycles. The molecule has 0 aromatic rings.